The van der Waals surface area contributed by atoms with Gasteiger partial charge in [-0.1, -0.05) is 23.9 Å². The van der Waals surface area contributed by atoms with Gasteiger partial charge in [0.2, 0.25) is 5.91 Å². The average molecular weight is 345 g/mol. The van der Waals surface area contributed by atoms with E-state index < -0.39 is 0 Å². The van der Waals surface area contributed by atoms with Gasteiger partial charge in [0.25, 0.3) is 5.56 Å². The number of likely N-dealkylation sites (tertiary alicyclic amines) is 1. The Balaban J connectivity index is 1.79. The Bertz CT molecular complexity index is 808. The molecular weight excluding hydrogens is 322 g/mol. The van der Waals surface area contributed by atoms with E-state index >= 15 is 0 Å². The molecule has 1 amide bonds. The summed E-state index contributed by atoms with van der Waals surface area (Å²) in [6.07, 6.45) is 3.31. The average Bonchev–Trinajstić information content (AvgIpc) is 2.56. The van der Waals surface area contributed by atoms with Crippen LogP contribution in [0.1, 0.15) is 33.1 Å². The van der Waals surface area contributed by atoms with Gasteiger partial charge >= 0.3 is 0 Å². The maximum Gasteiger partial charge on any atom is 0.261 e. The molecule has 6 heteroatoms. The van der Waals surface area contributed by atoms with E-state index in [0.717, 1.165) is 12.8 Å². The van der Waals surface area contributed by atoms with Crippen LogP contribution < -0.4 is 5.56 Å². The highest BCUT2D eigenvalue weighted by Crippen LogP contribution is 2.25. The fourth-order valence-corrected chi connectivity index (χ4v) is 4.28. The Labute approximate surface area is 146 Å². The van der Waals surface area contributed by atoms with E-state index in [2.05, 4.69) is 18.8 Å². The number of para-hydroxylation sites is 1. The van der Waals surface area contributed by atoms with E-state index in [0.29, 0.717) is 21.8 Å². The highest BCUT2D eigenvalue weighted by atomic mass is 32.2. The third-order valence-corrected chi connectivity index (χ3v) is 5.76. The zero-order valence-electron chi connectivity index (χ0n) is 14.4. The van der Waals surface area contributed by atoms with Crippen LogP contribution in [0.4, 0.5) is 0 Å². The molecule has 3 rings (SSSR count). The third-order valence-electron chi connectivity index (χ3n) is 4.75. The first-order valence-electron chi connectivity index (χ1n) is 8.38. The second-order valence-corrected chi connectivity index (χ2v) is 7.44. The van der Waals surface area contributed by atoms with Crippen LogP contribution in [0.5, 0.6) is 0 Å². The first-order valence-corrected chi connectivity index (χ1v) is 9.37. The van der Waals surface area contributed by atoms with Gasteiger partial charge < -0.3 is 4.90 Å². The summed E-state index contributed by atoms with van der Waals surface area (Å²) in [5.41, 5.74) is 0.602. The molecule has 128 valence electrons. The summed E-state index contributed by atoms with van der Waals surface area (Å²) < 4.78 is 1.53. The normalized spacial score (nSPS) is 21.2. The largest absolute Gasteiger partial charge is 0.337 e. The second kappa shape index (κ2) is 6.97. The monoisotopic (exact) mass is 345 g/mol. The van der Waals surface area contributed by atoms with E-state index in [1.54, 1.807) is 13.1 Å². The van der Waals surface area contributed by atoms with Crippen molar-refractivity contribution in [2.75, 3.05) is 5.75 Å². The minimum Gasteiger partial charge on any atom is -0.337 e. The lowest BCUT2D eigenvalue weighted by Gasteiger charge is -2.39. The molecule has 0 unspecified atom stereocenters. The van der Waals surface area contributed by atoms with Crippen molar-refractivity contribution in [3.8, 4) is 0 Å². The fourth-order valence-electron chi connectivity index (χ4n) is 3.44. The minimum atomic E-state index is -0.0738. The molecule has 0 bridgehead atoms. The molecule has 0 saturated carbocycles. The number of benzene rings is 1. The molecule has 1 aromatic carbocycles. The molecule has 1 fully saturated rings. The molecule has 2 heterocycles. The van der Waals surface area contributed by atoms with Crippen LogP contribution in [0.3, 0.4) is 0 Å². The fraction of sp³-hybridized carbons (Fsp3) is 0.500. The summed E-state index contributed by atoms with van der Waals surface area (Å²) in [5, 5.41) is 1.19. The van der Waals surface area contributed by atoms with Crippen LogP contribution in [0.25, 0.3) is 10.9 Å². The molecule has 1 aromatic heterocycles. The van der Waals surface area contributed by atoms with Crippen LogP contribution >= 0.6 is 11.8 Å². The lowest BCUT2D eigenvalue weighted by molar-refractivity contribution is -0.134. The van der Waals surface area contributed by atoms with Crippen molar-refractivity contribution in [2.24, 2.45) is 7.05 Å². The smallest absolute Gasteiger partial charge is 0.261 e. The number of carbonyl (C=O) groups excluding carboxylic acids is 1. The van der Waals surface area contributed by atoms with E-state index in [4.69, 9.17) is 0 Å². The van der Waals surface area contributed by atoms with Crippen molar-refractivity contribution in [1.82, 2.24) is 14.5 Å². The van der Waals surface area contributed by atoms with Crippen molar-refractivity contribution in [3.63, 3.8) is 0 Å². The molecule has 2 atom stereocenters. The second-order valence-electron chi connectivity index (χ2n) is 6.49. The lowest BCUT2D eigenvalue weighted by Crippen LogP contribution is -2.48. The molecule has 0 spiro atoms. The maximum absolute atomic E-state index is 12.6. The molecule has 0 radical (unpaired) electrons. The zero-order valence-corrected chi connectivity index (χ0v) is 15.2. The quantitative estimate of drug-likeness (QED) is 0.634. The number of aromatic nitrogens is 2. The number of thioether (sulfide) groups is 1. The van der Waals surface area contributed by atoms with Gasteiger partial charge in [-0.2, -0.15) is 0 Å². The van der Waals surface area contributed by atoms with Crippen molar-refractivity contribution >= 4 is 28.6 Å². The number of fused-ring (bicyclic) bond motifs is 1. The van der Waals surface area contributed by atoms with Gasteiger partial charge in [-0.3, -0.25) is 14.2 Å². The van der Waals surface area contributed by atoms with E-state index in [9.17, 15) is 9.59 Å². The summed E-state index contributed by atoms with van der Waals surface area (Å²) in [6.45, 7) is 4.23. The van der Waals surface area contributed by atoms with Crippen LogP contribution in [0, 0.1) is 0 Å². The van der Waals surface area contributed by atoms with Gasteiger partial charge in [0.1, 0.15) is 0 Å². The highest BCUT2D eigenvalue weighted by Gasteiger charge is 2.28. The standard InChI is InChI=1S/C18H23N3O2S/c1-12-7-6-8-13(2)21(12)16(22)11-24-18-19-15-10-5-4-9-14(15)17(23)20(18)3/h4-5,9-10,12-13H,6-8,11H2,1-3H3/t12-,13+. The van der Waals surface area contributed by atoms with Gasteiger partial charge in [0.05, 0.1) is 16.7 Å². The Morgan fingerprint density at radius 1 is 1.25 bits per heavy atom. The summed E-state index contributed by atoms with van der Waals surface area (Å²) in [4.78, 5) is 31.6. The Morgan fingerprint density at radius 3 is 2.62 bits per heavy atom. The van der Waals surface area contributed by atoms with Gasteiger partial charge in [0, 0.05) is 19.1 Å². The van der Waals surface area contributed by atoms with Crippen LogP contribution in [0.15, 0.2) is 34.2 Å². The maximum atomic E-state index is 12.6. The van der Waals surface area contributed by atoms with E-state index in [-0.39, 0.29) is 23.6 Å². The summed E-state index contributed by atoms with van der Waals surface area (Å²) in [5.74, 6) is 0.440. The Kier molecular flexibility index (Phi) is 4.94. The van der Waals surface area contributed by atoms with Gasteiger partial charge in [-0.15, -0.1) is 0 Å². The van der Waals surface area contributed by atoms with Crippen LogP contribution in [-0.2, 0) is 11.8 Å². The molecule has 1 aliphatic heterocycles. The lowest BCUT2D eigenvalue weighted by atomic mass is 9.98. The summed E-state index contributed by atoms with van der Waals surface area (Å²) in [6, 6.07) is 7.89. The highest BCUT2D eigenvalue weighted by molar-refractivity contribution is 7.99. The SMILES string of the molecule is C[C@@H]1CCC[C@H](C)N1C(=O)CSc1nc2ccccc2c(=O)n1C. The number of rotatable bonds is 3. The molecule has 1 aliphatic rings. The zero-order chi connectivity index (χ0) is 17.3. The first-order chi connectivity index (χ1) is 11.5. The number of carbonyl (C=O) groups is 1. The molecule has 1 saturated heterocycles. The first kappa shape index (κ1) is 17.0. The van der Waals surface area contributed by atoms with Gasteiger partial charge in [0.15, 0.2) is 5.16 Å². The van der Waals surface area contributed by atoms with Crippen molar-refractivity contribution in [1.29, 1.82) is 0 Å². The predicted octanol–water partition coefficient (Wildman–Crippen LogP) is 2.82. The number of hydrogen-bond donors (Lipinski definition) is 0. The van der Waals surface area contributed by atoms with Crippen molar-refractivity contribution in [2.45, 2.75) is 50.4 Å². The molecule has 0 N–H and O–H groups in total. The number of nitrogens with zero attached hydrogens (tertiary/aromatic N) is 3. The van der Waals surface area contributed by atoms with Crippen LogP contribution in [0.2, 0.25) is 0 Å². The van der Waals surface area contributed by atoms with Crippen molar-refractivity contribution in [3.05, 3.63) is 34.6 Å². The third kappa shape index (κ3) is 3.20. The summed E-state index contributed by atoms with van der Waals surface area (Å²) in [7, 11) is 1.71. The summed E-state index contributed by atoms with van der Waals surface area (Å²) >= 11 is 1.34. The number of piperidine rings is 1. The molecule has 24 heavy (non-hydrogen) atoms. The Morgan fingerprint density at radius 2 is 1.92 bits per heavy atom. The molecule has 5 nitrogen and oxygen atoms in total. The number of amides is 1. The minimum absolute atomic E-state index is 0.0738. The number of hydrogen-bond acceptors (Lipinski definition) is 4. The van der Waals surface area contributed by atoms with E-state index in [1.807, 2.05) is 23.1 Å². The molecule has 2 aromatic rings. The van der Waals surface area contributed by atoms with E-state index in [1.165, 1.54) is 22.7 Å². The molecule has 0 aliphatic carbocycles. The Hall–Kier alpha value is -1.82. The predicted molar refractivity (Wildman–Crippen MR) is 97.3 cm³/mol. The van der Waals surface area contributed by atoms with Gasteiger partial charge in [-0.25, -0.2) is 4.98 Å². The van der Waals surface area contributed by atoms with Crippen LogP contribution in [-0.4, -0.2) is 38.2 Å². The van der Waals surface area contributed by atoms with Gasteiger partial charge in [-0.05, 0) is 45.2 Å². The topological polar surface area (TPSA) is 55.2 Å². The van der Waals surface area contributed by atoms with Crippen molar-refractivity contribution < 1.29 is 4.79 Å². The molecular formula is C18H23N3O2S.